The van der Waals surface area contributed by atoms with Crippen molar-refractivity contribution in [3.63, 3.8) is 0 Å². The first-order chi connectivity index (χ1) is 12.7. The van der Waals surface area contributed by atoms with Crippen molar-refractivity contribution in [3.8, 4) is 0 Å². The number of nitrogens with zero attached hydrogens (tertiary/aromatic N) is 7. The number of rotatable bonds is 3. The highest BCUT2D eigenvalue weighted by atomic mass is 32.2. The smallest absolute Gasteiger partial charge is 0.276 e. The molecular formula is C17H19N7OS. The molecule has 2 aromatic heterocycles. The van der Waals surface area contributed by atoms with Crippen LogP contribution in [0.15, 0.2) is 35.5 Å². The second-order valence-electron chi connectivity index (χ2n) is 6.06. The Bertz CT molecular complexity index is 935. The number of anilines is 1. The third-order valence-corrected chi connectivity index (χ3v) is 5.08. The van der Waals surface area contributed by atoms with E-state index in [1.807, 2.05) is 36.3 Å². The van der Waals surface area contributed by atoms with Gasteiger partial charge in [0.1, 0.15) is 0 Å². The van der Waals surface area contributed by atoms with Gasteiger partial charge in [-0.05, 0) is 25.3 Å². The van der Waals surface area contributed by atoms with E-state index in [4.69, 9.17) is 0 Å². The number of piperazine rings is 1. The van der Waals surface area contributed by atoms with Crippen molar-refractivity contribution in [2.24, 2.45) is 0 Å². The molecule has 0 N–H and O–H groups in total. The Labute approximate surface area is 155 Å². The predicted molar refractivity (Wildman–Crippen MR) is 99.7 cm³/mol. The summed E-state index contributed by atoms with van der Waals surface area (Å²) >= 11 is 1.43. The van der Waals surface area contributed by atoms with Gasteiger partial charge in [0, 0.05) is 31.9 Å². The Morgan fingerprint density at radius 1 is 1.08 bits per heavy atom. The molecule has 9 heteroatoms. The zero-order valence-corrected chi connectivity index (χ0v) is 15.5. The number of benzene rings is 1. The lowest BCUT2D eigenvalue weighted by atomic mass is 10.2. The number of hydrogen-bond acceptors (Lipinski definition) is 7. The summed E-state index contributed by atoms with van der Waals surface area (Å²) in [5.41, 5.74) is 2.19. The van der Waals surface area contributed by atoms with E-state index in [0.29, 0.717) is 35.4 Å². The summed E-state index contributed by atoms with van der Waals surface area (Å²) in [5.74, 6) is 0.308. The van der Waals surface area contributed by atoms with Gasteiger partial charge >= 0.3 is 0 Å². The molecule has 0 radical (unpaired) electrons. The van der Waals surface area contributed by atoms with E-state index < -0.39 is 0 Å². The molecule has 1 aliphatic heterocycles. The van der Waals surface area contributed by atoms with E-state index in [2.05, 4.69) is 37.3 Å². The predicted octanol–water partition coefficient (Wildman–Crippen LogP) is 1.51. The van der Waals surface area contributed by atoms with Crippen LogP contribution in [0.5, 0.6) is 0 Å². The van der Waals surface area contributed by atoms with Crippen LogP contribution in [0, 0.1) is 6.92 Å². The molecule has 0 unspecified atom stereocenters. The summed E-state index contributed by atoms with van der Waals surface area (Å²) < 4.78 is 1.59. The third kappa shape index (κ3) is 2.98. The molecule has 3 aromatic rings. The minimum Gasteiger partial charge on any atom is -0.368 e. The van der Waals surface area contributed by atoms with Crippen molar-refractivity contribution in [2.45, 2.75) is 12.1 Å². The van der Waals surface area contributed by atoms with Crippen LogP contribution in [-0.4, -0.2) is 68.0 Å². The fourth-order valence-corrected chi connectivity index (χ4v) is 3.42. The van der Waals surface area contributed by atoms with Crippen LogP contribution in [-0.2, 0) is 0 Å². The van der Waals surface area contributed by atoms with Gasteiger partial charge in [0.15, 0.2) is 5.69 Å². The molecule has 1 fully saturated rings. The minimum absolute atomic E-state index is 0.106. The number of aryl methyl sites for hydroxylation is 1. The largest absolute Gasteiger partial charge is 0.368 e. The highest BCUT2D eigenvalue weighted by Crippen LogP contribution is 2.18. The molecule has 1 aromatic carbocycles. The lowest BCUT2D eigenvalue weighted by Crippen LogP contribution is -2.49. The van der Waals surface area contributed by atoms with Gasteiger partial charge in [0.05, 0.1) is 5.69 Å². The van der Waals surface area contributed by atoms with Gasteiger partial charge in [-0.1, -0.05) is 30.0 Å². The highest BCUT2D eigenvalue weighted by molar-refractivity contribution is 7.98. The van der Waals surface area contributed by atoms with Gasteiger partial charge in [-0.25, -0.2) is 0 Å². The monoisotopic (exact) mass is 369 g/mol. The standard InChI is InChI=1S/C17H19N7OS/c1-12-14(19-20-16-18-17(26-2)21-24(12)16)15(25)23-10-8-22(9-11-23)13-6-4-3-5-7-13/h3-7H,8-11H2,1-2H3. The van der Waals surface area contributed by atoms with Crippen LogP contribution in [0.2, 0.25) is 0 Å². The maximum absolute atomic E-state index is 12.9. The Hall–Kier alpha value is -2.68. The molecule has 0 spiro atoms. The molecule has 0 atom stereocenters. The number of carbonyl (C=O) groups excluding carboxylic acids is 1. The third-order valence-electron chi connectivity index (χ3n) is 4.54. The second kappa shape index (κ2) is 6.91. The Morgan fingerprint density at radius 2 is 1.81 bits per heavy atom. The van der Waals surface area contributed by atoms with Gasteiger partial charge < -0.3 is 9.80 Å². The van der Waals surface area contributed by atoms with Crippen molar-refractivity contribution < 1.29 is 4.79 Å². The summed E-state index contributed by atoms with van der Waals surface area (Å²) in [7, 11) is 0. The molecule has 26 heavy (non-hydrogen) atoms. The maximum Gasteiger partial charge on any atom is 0.276 e. The van der Waals surface area contributed by atoms with Gasteiger partial charge in [-0.3, -0.25) is 4.79 Å². The quantitative estimate of drug-likeness (QED) is 0.648. The van der Waals surface area contributed by atoms with Crippen LogP contribution < -0.4 is 4.90 Å². The van der Waals surface area contributed by atoms with Crippen molar-refractivity contribution in [3.05, 3.63) is 41.7 Å². The summed E-state index contributed by atoms with van der Waals surface area (Å²) in [6, 6.07) is 10.3. The van der Waals surface area contributed by atoms with Crippen molar-refractivity contribution in [1.82, 2.24) is 29.7 Å². The van der Waals surface area contributed by atoms with E-state index in [9.17, 15) is 4.79 Å². The van der Waals surface area contributed by atoms with Gasteiger partial charge in [0.25, 0.3) is 11.7 Å². The number of para-hydroxylation sites is 1. The summed E-state index contributed by atoms with van der Waals surface area (Å²) in [6.45, 7) is 4.73. The van der Waals surface area contributed by atoms with E-state index in [1.54, 1.807) is 4.52 Å². The summed E-state index contributed by atoms with van der Waals surface area (Å²) in [6.07, 6.45) is 1.90. The zero-order chi connectivity index (χ0) is 18.1. The fourth-order valence-electron chi connectivity index (χ4n) is 3.08. The molecule has 8 nitrogen and oxygen atoms in total. The first kappa shape index (κ1) is 16.8. The summed E-state index contributed by atoms with van der Waals surface area (Å²) in [5, 5.41) is 13.1. The number of amides is 1. The average molecular weight is 369 g/mol. The summed E-state index contributed by atoms with van der Waals surface area (Å²) in [4.78, 5) is 21.3. The number of carbonyl (C=O) groups is 1. The highest BCUT2D eigenvalue weighted by Gasteiger charge is 2.26. The molecule has 4 rings (SSSR count). The van der Waals surface area contributed by atoms with Gasteiger partial charge in [-0.2, -0.15) is 9.50 Å². The Morgan fingerprint density at radius 3 is 2.50 bits per heavy atom. The first-order valence-corrected chi connectivity index (χ1v) is 9.63. The van der Waals surface area contributed by atoms with Crippen LogP contribution in [0.1, 0.15) is 16.2 Å². The Kier molecular flexibility index (Phi) is 4.46. The molecule has 1 saturated heterocycles. The Balaban J connectivity index is 1.52. The molecule has 3 heterocycles. The molecular weight excluding hydrogens is 350 g/mol. The van der Waals surface area contributed by atoms with Gasteiger partial charge in [0.2, 0.25) is 5.16 Å². The topological polar surface area (TPSA) is 79.5 Å². The number of thioether (sulfide) groups is 1. The minimum atomic E-state index is -0.106. The molecule has 0 aliphatic carbocycles. The molecule has 1 aliphatic rings. The zero-order valence-electron chi connectivity index (χ0n) is 14.7. The number of hydrogen-bond donors (Lipinski definition) is 0. The lowest BCUT2D eigenvalue weighted by molar-refractivity contribution is 0.0738. The van der Waals surface area contributed by atoms with E-state index in [1.165, 1.54) is 17.4 Å². The fraction of sp³-hybridized carbons (Fsp3) is 0.353. The molecule has 0 saturated carbocycles. The van der Waals surface area contributed by atoms with E-state index in [0.717, 1.165) is 13.1 Å². The molecule has 0 bridgehead atoms. The van der Waals surface area contributed by atoms with Crippen molar-refractivity contribution in [2.75, 3.05) is 37.3 Å². The number of aromatic nitrogens is 5. The van der Waals surface area contributed by atoms with Crippen LogP contribution >= 0.6 is 11.8 Å². The van der Waals surface area contributed by atoms with Crippen LogP contribution in [0.3, 0.4) is 0 Å². The molecule has 1 amide bonds. The normalized spacial score (nSPS) is 14.8. The number of fused-ring (bicyclic) bond motifs is 1. The van der Waals surface area contributed by atoms with Crippen molar-refractivity contribution >= 4 is 29.1 Å². The van der Waals surface area contributed by atoms with Crippen LogP contribution in [0.25, 0.3) is 5.78 Å². The van der Waals surface area contributed by atoms with Crippen molar-refractivity contribution in [1.29, 1.82) is 0 Å². The lowest BCUT2D eigenvalue weighted by Gasteiger charge is -2.36. The first-order valence-electron chi connectivity index (χ1n) is 8.40. The van der Waals surface area contributed by atoms with E-state index >= 15 is 0 Å². The maximum atomic E-state index is 12.9. The second-order valence-corrected chi connectivity index (χ2v) is 6.83. The average Bonchev–Trinajstić information content (AvgIpc) is 3.13. The van der Waals surface area contributed by atoms with Crippen LogP contribution in [0.4, 0.5) is 5.69 Å². The molecule has 134 valence electrons. The SMILES string of the molecule is CSc1nc2nnc(C(=O)N3CCN(c4ccccc4)CC3)c(C)n2n1. The van der Waals surface area contributed by atoms with Gasteiger partial charge in [-0.15, -0.1) is 15.3 Å². The van der Waals surface area contributed by atoms with E-state index in [-0.39, 0.29) is 5.91 Å².